The number of aliphatic hydroxyl groups excluding tert-OH is 2. The van der Waals surface area contributed by atoms with Crippen LogP contribution in [0.15, 0.2) is 23.3 Å². The quantitative estimate of drug-likeness (QED) is 0.720. The van der Waals surface area contributed by atoms with Crippen molar-refractivity contribution >= 4 is 0 Å². The van der Waals surface area contributed by atoms with Crippen LogP contribution in [0.1, 0.15) is 39.5 Å². The Kier molecular flexibility index (Phi) is 3.74. The van der Waals surface area contributed by atoms with Gasteiger partial charge in [-0.15, -0.1) is 0 Å². The standard InChI is InChI=1S/C15H24O2/c1-11(9-16)4-3-7-15(2)13-6-5-12(10-17)8-14(13)15/h4,8,13-14,16-17H,3,5-7,9-10H2,1-2H3/b11-4+. The summed E-state index contributed by atoms with van der Waals surface area (Å²) in [6.07, 6.45) is 9.07. The molecule has 0 aromatic carbocycles. The number of aliphatic hydroxyl groups is 2. The summed E-state index contributed by atoms with van der Waals surface area (Å²) in [4.78, 5) is 0. The Morgan fingerprint density at radius 3 is 2.94 bits per heavy atom. The fraction of sp³-hybridized carbons (Fsp3) is 0.733. The topological polar surface area (TPSA) is 40.5 Å². The molecule has 2 nitrogen and oxygen atoms in total. The maximum absolute atomic E-state index is 9.17. The minimum Gasteiger partial charge on any atom is -0.392 e. The van der Waals surface area contributed by atoms with Gasteiger partial charge in [0.2, 0.25) is 0 Å². The van der Waals surface area contributed by atoms with Gasteiger partial charge in [-0.2, -0.15) is 0 Å². The average Bonchev–Trinajstić information content (AvgIpc) is 2.94. The predicted octanol–water partition coefficient (Wildman–Crippen LogP) is 2.67. The Hall–Kier alpha value is -0.600. The number of fused-ring (bicyclic) bond motifs is 1. The zero-order chi connectivity index (χ0) is 12.5. The zero-order valence-electron chi connectivity index (χ0n) is 10.9. The van der Waals surface area contributed by atoms with Gasteiger partial charge >= 0.3 is 0 Å². The minimum atomic E-state index is 0.179. The van der Waals surface area contributed by atoms with Crippen LogP contribution in [0.3, 0.4) is 0 Å². The van der Waals surface area contributed by atoms with E-state index in [1.807, 2.05) is 6.92 Å². The predicted molar refractivity (Wildman–Crippen MR) is 69.6 cm³/mol. The first-order valence-electron chi connectivity index (χ1n) is 6.68. The van der Waals surface area contributed by atoms with Gasteiger partial charge in [0.05, 0.1) is 13.2 Å². The van der Waals surface area contributed by atoms with Crippen molar-refractivity contribution in [1.82, 2.24) is 0 Å². The van der Waals surface area contributed by atoms with Gasteiger partial charge in [-0.05, 0) is 55.4 Å². The van der Waals surface area contributed by atoms with E-state index in [4.69, 9.17) is 5.11 Å². The molecule has 96 valence electrons. The van der Waals surface area contributed by atoms with Crippen LogP contribution in [0.5, 0.6) is 0 Å². The van der Waals surface area contributed by atoms with Gasteiger partial charge in [-0.25, -0.2) is 0 Å². The smallest absolute Gasteiger partial charge is 0.0641 e. The first-order valence-corrected chi connectivity index (χ1v) is 6.68. The lowest BCUT2D eigenvalue weighted by Crippen LogP contribution is -1.98. The third-order valence-electron chi connectivity index (χ3n) is 4.75. The second kappa shape index (κ2) is 4.95. The van der Waals surface area contributed by atoms with E-state index in [0.717, 1.165) is 24.3 Å². The molecule has 0 amide bonds. The number of hydrogen-bond donors (Lipinski definition) is 2. The molecule has 17 heavy (non-hydrogen) atoms. The summed E-state index contributed by atoms with van der Waals surface area (Å²) >= 11 is 0. The van der Waals surface area contributed by atoms with Crippen LogP contribution < -0.4 is 0 Å². The Balaban J connectivity index is 1.89. The van der Waals surface area contributed by atoms with Gasteiger partial charge in [0.25, 0.3) is 0 Å². The summed E-state index contributed by atoms with van der Waals surface area (Å²) < 4.78 is 0. The van der Waals surface area contributed by atoms with E-state index in [-0.39, 0.29) is 13.2 Å². The third kappa shape index (κ3) is 2.48. The molecular formula is C15H24O2. The molecule has 0 aliphatic heterocycles. The molecule has 2 aliphatic rings. The number of hydrogen-bond acceptors (Lipinski definition) is 2. The second-order valence-corrected chi connectivity index (χ2v) is 5.91. The van der Waals surface area contributed by atoms with Crippen LogP contribution in [0.2, 0.25) is 0 Å². The summed E-state index contributed by atoms with van der Waals surface area (Å²) in [5.41, 5.74) is 2.75. The zero-order valence-corrected chi connectivity index (χ0v) is 10.9. The van der Waals surface area contributed by atoms with Crippen molar-refractivity contribution in [1.29, 1.82) is 0 Å². The SMILES string of the molecule is C/C(=C\CCC1(C)C2C=C(CO)CCC21)CO. The van der Waals surface area contributed by atoms with Crippen LogP contribution >= 0.6 is 0 Å². The van der Waals surface area contributed by atoms with Crippen LogP contribution in [-0.2, 0) is 0 Å². The Bertz CT molecular complexity index is 343. The molecule has 0 saturated heterocycles. The minimum absolute atomic E-state index is 0.179. The maximum Gasteiger partial charge on any atom is 0.0641 e. The van der Waals surface area contributed by atoms with E-state index in [1.54, 1.807) is 0 Å². The monoisotopic (exact) mass is 236 g/mol. The van der Waals surface area contributed by atoms with Gasteiger partial charge < -0.3 is 10.2 Å². The highest BCUT2D eigenvalue weighted by Crippen LogP contribution is 2.66. The Morgan fingerprint density at radius 1 is 1.53 bits per heavy atom. The molecule has 2 aliphatic carbocycles. The molecule has 0 bridgehead atoms. The van der Waals surface area contributed by atoms with Crippen LogP contribution in [-0.4, -0.2) is 23.4 Å². The van der Waals surface area contributed by atoms with Crippen molar-refractivity contribution in [3.63, 3.8) is 0 Å². The van der Waals surface area contributed by atoms with Gasteiger partial charge in [0, 0.05) is 0 Å². The number of allylic oxidation sites excluding steroid dienone is 2. The molecule has 2 N–H and O–H groups in total. The number of rotatable bonds is 5. The molecule has 0 aromatic rings. The molecule has 0 aromatic heterocycles. The first kappa shape index (κ1) is 12.8. The molecule has 0 spiro atoms. The lowest BCUT2D eigenvalue weighted by atomic mass is 9.96. The van der Waals surface area contributed by atoms with Crippen LogP contribution in [0.25, 0.3) is 0 Å². The van der Waals surface area contributed by atoms with Crippen molar-refractivity contribution in [2.24, 2.45) is 17.3 Å². The van der Waals surface area contributed by atoms with Crippen LogP contribution in [0, 0.1) is 17.3 Å². The molecule has 0 heterocycles. The fourth-order valence-electron chi connectivity index (χ4n) is 3.37. The normalized spacial score (nSPS) is 36.5. The van der Waals surface area contributed by atoms with Gasteiger partial charge in [0.15, 0.2) is 0 Å². The highest BCUT2D eigenvalue weighted by molar-refractivity contribution is 5.24. The summed E-state index contributed by atoms with van der Waals surface area (Å²) in [6.45, 7) is 4.77. The lowest BCUT2D eigenvalue weighted by Gasteiger charge is -2.09. The molecule has 2 rings (SSSR count). The van der Waals surface area contributed by atoms with E-state index in [2.05, 4.69) is 19.1 Å². The Morgan fingerprint density at radius 2 is 2.29 bits per heavy atom. The lowest BCUT2D eigenvalue weighted by molar-refractivity contribution is 0.322. The third-order valence-corrected chi connectivity index (χ3v) is 4.75. The molecular weight excluding hydrogens is 212 g/mol. The van der Waals surface area contributed by atoms with E-state index in [0.29, 0.717) is 11.3 Å². The summed E-state index contributed by atoms with van der Waals surface area (Å²) in [5.74, 6) is 1.53. The van der Waals surface area contributed by atoms with Crippen molar-refractivity contribution in [3.8, 4) is 0 Å². The van der Waals surface area contributed by atoms with E-state index in [1.165, 1.54) is 18.4 Å². The fourth-order valence-corrected chi connectivity index (χ4v) is 3.37. The van der Waals surface area contributed by atoms with E-state index < -0.39 is 0 Å². The summed E-state index contributed by atoms with van der Waals surface area (Å²) in [5, 5.41) is 18.1. The van der Waals surface area contributed by atoms with Gasteiger partial charge in [-0.3, -0.25) is 0 Å². The van der Waals surface area contributed by atoms with Crippen molar-refractivity contribution in [3.05, 3.63) is 23.3 Å². The molecule has 3 unspecified atom stereocenters. The maximum atomic E-state index is 9.17. The van der Waals surface area contributed by atoms with E-state index in [9.17, 15) is 5.11 Å². The van der Waals surface area contributed by atoms with Crippen molar-refractivity contribution in [2.45, 2.75) is 39.5 Å². The summed E-state index contributed by atoms with van der Waals surface area (Å²) in [6, 6.07) is 0. The molecule has 3 atom stereocenters. The highest BCUT2D eigenvalue weighted by Gasteiger charge is 2.59. The molecule has 1 saturated carbocycles. The molecule has 1 fully saturated rings. The average molecular weight is 236 g/mol. The van der Waals surface area contributed by atoms with Crippen molar-refractivity contribution < 1.29 is 10.2 Å². The van der Waals surface area contributed by atoms with Crippen LogP contribution in [0.4, 0.5) is 0 Å². The molecule has 0 radical (unpaired) electrons. The highest BCUT2D eigenvalue weighted by atomic mass is 16.3. The largest absolute Gasteiger partial charge is 0.392 e. The van der Waals surface area contributed by atoms with Crippen molar-refractivity contribution in [2.75, 3.05) is 13.2 Å². The first-order chi connectivity index (χ1) is 8.11. The second-order valence-electron chi connectivity index (χ2n) is 5.91. The van der Waals surface area contributed by atoms with E-state index >= 15 is 0 Å². The molecule has 2 heteroatoms. The van der Waals surface area contributed by atoms with Gasteiger partial charge in [0.1, 0.15) is 0 Å². The summed E-state index contributed by atoms with van der Waals surface area (Å²) in [7, 11) is 0. The Labute approximate surface area is 104 Å². The van der Waals surface area contributed by atoms with Gasteiger partial charge in [-0.1, -0.05) is 24.6 Å².